The average molecular weight is 245 g/mol. The van der Waals surface area contributed by atoms with Crippen molar-refractivity contribution < 1.29 is 14.6 Å². The highest BCUT2D eigenvalue weighted by molar-refractivity contribution is 5.86. The normalized spacial score (nSPS) is 9.83. The van der Waals surface area contributed by atoms with Gasteiger partial charge in [0.05, 0.1) is 12.7 Å². The number of hydrogen-bond acceptors (Lipinski definition) is 5. The van der Waals surface area contributed by atoms with E-state index in [1.807, 2.05) is 12.1 Å². The first kappa shape index (κ1) is 11.8. The van der Waals surface area contributed by atoms with E-state index < -0.39 is 5.97 Å². The Kier molecular flexibility index (Phi) is 3.38. The standard InChI is InChI=1S/C12H11N3O3/c1-18-10-4-2-9(3-5-10)15-12-13-6-8(7-14-12)11(16)17/h2-7H,1H3,(H,16,17)(H,13,14,15). The number of anilines is 2. The molecule has 1 aromatic carbocycles. The molecule has 6 heteroatoms. The zero-order valence-corrected chi connectivity index (χ0v) is 9.62. The van der Waals surface area contributed by atoms with Gasteiger partial charge in [-0.25, -0.2) is 14.8 Å². The van der Waals surface area contributed by atoms with Crippen molar-refractivity contribution in [3.63, 3.8) is 0 Å². The number of aromatic carboxylic acids is 1. The summed E-state index contributed by atoms with van der Waals surface area (Å²) in [4.78, 5) is 18.4. The summed E-state index contributed by atoms with van der Waals surface area (Å²) in [6.45, 7) is 0. The lowest BCUT2D eigenvalue weighted by molar-refractivity contribution is 0.0696. The molecular weight excluding hydrogens is 234 g/mol. The second-order valence-electron chi connectivity index (χ2n) is 3.45. The third-order valence-electron chi connectivity index (χ3n) is 2.24. The van der Waals surface area contributed by atoms with Crippen molar-refractivity contribution in [2.45, 2.75) is 0 Å². The van der Waals surface area contributed by atoms with Crippen LogP contribution >= 0.6 is 0 Å². The SMILES string of the molecule is COc1ccc(Nc2ncc(C(=O)O)cn2)cc1. The van der Waals surface area contributed by atoms with Crippen LogP contribution in [0.4, 0.5) is 11.6 Å². The Morgan fingerprint density at radius 2 is 1.83 bits per heavy atom. The van der Waals surface area contributed by atoms with E-state index >= 15 is 0 Å². The van der Waals surface area contributed by atoms with Crippen LogP contribution in [0.1, 0.15) is 10.4 Å². The second kappa shape index (κ2) is 5.13. The molecule has 92 valence electrons. The van der Waals surface area contributed by atoms with Gasteiger partial charge in [0.15, 0.2) is 0 Å². The van der Waals surface area contributed by atoms with Gasteiger partial charge in [-0.1, -0.05) is 0 Å². The Labute approximate surface area is 103 Å². The maximum absolute atomic E-state index is 10.6. The number of nitrogens with zero attached hydrogens (tertiary/aromatic N) is 2. The molecule has 0 bridgehead atoms. The molecule has 0 fully saturated rings. The van der Waals surface area contributed by atoms with Crippen molar-refractivity contribution in [1.29, 1.82) is 0 Å². The summed E-state index contributed by atoms with van der Waals surface area (Å²) in [5, 5.41) is 11.7. The fourth-order valence-corrected chi connectivity index (χ4v) is 1.31. The second-order valence-corrected chi connectivity index (χ2v) is 3.45. The van der Waals surface area contributed by atoms with Crippen molar-refractivity contribution >= 4 is 17.6 Å². The number of rotatable bonds is 4. The molecule has 0 saturated carbocycles. The van der Waals surface area contributed by atoms with E-state index in [0.717, 1.165) is 11.4 Å². The molecule has 1 heterocycles. The summed E-state index contributed by atoms with van der Waals surface area (Å²) in [6.07, 6.45) is 2.50. The summed E-state index contributed by atoms with van der Waals surface area (Å²) >= 11 is 0. The molecule has 18 heavy (non-hydrogen) atoms. The van der Waals surface area contributed by atoms with Gasteiger partial charge in [0.25, 0.3) is 0 Å². The minimum Gasteiger partial charge on any atom is -0.497 e. The van der Waals surface area contributed by atoms with Crippen LogP contribution < -0.4 is 10.1 Å². The molecule has 0 aliphatic carbocycles. The number of benzene rings is 1. The van der Waals surface area contributed by atoms with Gasteiger partial charge in [0.2, 0.25) is 5.95 Å². The van der Waals surface area contributed by atoms with Crippen LogP contribution in [0, 0.1) is 0 Å². The van der Waals surface area contributed by atoms with E-state index in [1.165, 1.54) is 12.4 Å². The number of methoxy groups -OCH3 is 1. The van der Waals surface area contributed by atoms with Gasteiger partial charge < -0.3 is 15.2 Å². The summed E-state index contributed by atoms with van der Waals surface area (Å²) in [6, 6.07) is 7.22. The Morgan fingerprint density at radius 3 is 2.33 bits per heavy atom. The van der Waals surface area contributed by atoms with Crippen LogP contribution in [0.3, 0.4) is 0 Å². The Balaban J connectivity index is 2.10. The number of carboxylic acid groups (broad SMARTS) is 1. The molecule has 2 N–H and O–H groups in total. The van der Waals surface area contributed by atoms with Crippen molar-refractivity contribution in [2.24, 2.45) is 0 Å². The van der Waals surface area contributed by atoms with E-state index in [0.29, 0.717) is 5.95 Å². The molecule has 6 nitrogen and oxygen atoms in total. The molecule has 1 aromatic heterocycles. The van der Waals surface area contributed by atoms with Gasteiger partial charge >= 0.3 is 5.97 Å². The smallest absolute Gasteiger partial charge is 0.338 e. The molecule has 0 saturated heterocycles. The van der Waals surface area contributed by atoms with Crippen LogP contribution in [0.2, 0.25) is 0 Å². The Bertz CT molecular complexity index is 537. The highest BCUT2D eigenvalue weighted by atomic mass is 16.5. The van der Waals surface area contributed by atoms with Crippen LogP contribution in [-0.4, -0.2) is 28.2 Å². The van der Waals surface area contributed by atoms with Gasteiger partial charge in [-0.05, 0) is 24.3 Å². The van der Waals surface area contributed by atoms with Crippen LogP contribution in [0.25, 0.3) is 0 Å². The van der Waals surface area contributed by atoms with E-state index in [9.17, 15) is 4.79 Å². The molecule has 0 aliphatic heterocycles. The quantitative estimate of drug-likeness (QED) is 0.856. The molecule has 2 aromatic rings. The first-order valence-electron chi connectivity index (χ1n) is 5.15. The largest absolute Gasteiger partial charge is 0.497 e. The third kappa shape index (κ3) is 2.73. The van der Waals surface area contributed by atoms with Crippen molar-refractivity contribution in [2.75, 3.05) is 12.4 Å². The molecule has 0 unspecified atom stereocenters. The van der Waals surface area contributed by atoms with E-state index in [1.54, 1.807) is 19.2 Å². The Hall–Kier alpha value is -2.63. The highest BCUT2D eigenvalue weighted by Gasteiger charge is 2.04. The fraction of sp³-hybridized carbons (Fsp3) is 0.0833. The summed E-state index contributed by atoms with van der Waals surface area (Å²) < 4.78 is 5.04. The minimum absolute atomic E-state index is 0.0512. The molecule has 0 amide bonds. The molecule has 0 radical (unpaired) electrons. The lowest BCUT2D eigenvalue weighted by atomic mass is 10.3. The van der Waals surface area contributed by atoms with Crippen LogP contribution in [0.5, 0.6) is 5.75 Å². The van der Waals surface area contributed by atoms with E-state index in [-0.39, 0.29) is 5.56 Å². The van der Waals surface area contributed by atoms with Gasteiger partial charge in [-0.2, -0.15) is 0 Å². The lowest BCUT2D eigenvalue weighted by Crippen LogP contribution is -2.01. The first-order valence-corrected chi connectivity index (χ1v) is 5.15. The van der Waals surface area contributed by atoms with Crippen molar-refractivity contribution in [3.05, 3.63) is 42.2 Å². The first-order chi connectivity index (χ1) is 8.69. The topological polar surface area (TPSA) is 84.3 Å². The predicted molar refractivity (Wildman–Crippen MR) is 65.3 cm³/mol. The molecule has 0 aliphatic rings. The zero-order valence-electron chi connectivity index (χ0n) is 9.62. The van der Waals surface area contributed by atoms with Crippen LogP contribution in [0.15, 0.2) is 36.7 Å². The zero-order chi connectivity index (χ0) is 13.0. The van der Waals surface area contributed by atoms with Gasteiger partial charge in [-0.15, -0.1) is 0 Å². The molecule has 0 atom stereocenters. The number of hydrogen-bond donors (Lipinski definition) is 2. The third-order valence-corrected chi connectivity index (χ3v) is 2.24. The molecule has 2 rings (SSSR count). The van der Waals surface area contributed by atoms with Gasteiger partial charge in [0.1, 0.15) is 5.75 Å². The van der Waals surface area contributed by atoms with Gasteiger partial charge in [-0.3, -0.25) is 0 Å². The van der Waals surface area contributed by atoms with Gasteiger partial charge in [0, 0.05) is 18.1 Å². The summed E-state index contributed by atoms with van der Waals surface area (Å²) in [5.74, 6) is 0.0406. The number of aromatic nitrogens is 2. The number of carbonyl (C=O) groups is 1. The molecule has 0 spiro atoms. The lowest BCUT2D eigenvalue weighted by Gasteiger charge is -2.05. The van der Waals surface area contributed by atoms with Crippen LogP contribution in [-0.2, 0) is 0 Å². The van der Waals surface area contributed by atoms with E-state index in [2.05, 4.69) is 15.3 Å². The predicted octanol–water partition coefficient (Wildman–Crippen LogP) is 1.93. The Morgan fingerprint density at radius 1 is 1.22 bits per heavy atom. The maximum atomic E-state index is 10.6. The number of nitrogens with one attached hydrogen (secondary N) is 1. The van der Waals surface area contributed by atoms with Crippen molar-refractivity contribution in [1.82, 2.24) is 9.97 Å². The number of ether oxygens (including phenoxy) is 1. The summed E-state index contributed by atoms with van der Waals surface area (Å²) in [7, 11) is 1.59. The monoisotopic (exact) mass is 245 g/mol. The fourth-order valence-electron chi connectivity index (χ4n) is 1.31. The minimum atomic E-state index is -1.05. The average Bonchev–Trinajstić information content (AvgIpc) is 2.40. The maximum Gasteiger partial charge on any atom is 0.338 e. The van der Waals surface area contributed by atoms with Crippen molar-refractivity contribution in [3.8, 4) is 5.75 Å². The highest BCUT2D eigenvalue weighted by Crippen LogP contribution is 2.17. The van der Waals surface area contributed by atoms with E-state index in [4.69, 9.17) is 9.84 Å². The number of carboxylic acids is 1. The molecular formula is C12H11N3O3. The summed E-state index contributed by atoms with van der Waals surface area (Å²) in [5.41, 5.74) is 0.842.